The standard InChI is InChI=1S/C12H14OS2/c1-8(2)3-4-9(13)11-7-12-10(15-11)5-6-14-12/h5-8H,3-4H2,1-2H3. The summed E-state index contributed by atoms with van der Waals surface area (Å²) < 4.78 is 2.49. The number of fused-ring (bicyclic) bond motifs is 1. The molecule has 0 fully saturated rings. The minimum Gasteiger partial charge on any atom is -0.293 e. The number of hydrogen-bond acceptors (Lipinski definition) is 3. The van der Waals surface area contributed by atoms with Crippen molar-refractivity contribution in [3.63, 3.8) is 0 Å². The van der Waals surface area contributed by atoms with Crippen LogP contribution in [0.1, 0.15) is 36.4 Å². The van der Waals surface area contributed by atoms with Crippen molar-refractivity contribution in [2.75, 3.05) is 0 Å². The normalized spacial score (nSPS) is 11.4. The van der Waals surface area contributed by atoms with Gasteiger partial charge in [-0.1, -0.05) is 13.8 Å². The first kappa shape index (κ1) is 10.8. The highest BCUT2D eigenvalue weighted by molar-refractivity contribution is 7.27. The zero-order valence-corrected chi connectivity index (χ0v) is 10.6. The molecule has 0 aliphatic carbocycles. The van der Waals surface area contributed by atoms with Crippen LogP contribution in [0, 0.1) is 5.92 Å². The van der Waals surface area contributed by atoms with Crippen molar-refractivity contribution >= 4 is 37.9 Å². The summed E-state index contributed by atoms with van der Waals surface area (Å²) in [6, 6.07) is 4.12. The van der Waals surface area contributed by atoms with Crippen LogP contribution in [0.25, 0.3) is 9.40 Å². The van der Waals surface area contributed by atoms with E-state index in [-0.39, 0.29) is 0 Å². The zero-order valence-electron chi connectivity index (χ0n) is 8.95. The first-order chi connectivity index (χ1) is 7.16. The van der Waals surface area contributed by atoms with Gasteiger partial charge in [0.2, 0.25) is 0 Å². The van der Waals surface area contributed by atoms with Crippen LogP contribution < -0.4 is 0 Å². The molecular formula is C12H14OS2. The predicted octanol–water partition coefficient (Wildman–Crippen LogP) is 4.58. The van der Waals surface area contributed by atoms with Crippen LogP contribution in [0.15, 0.2) is 17.5 Å². The third kappa shape index (κ3) is 2.47. The Hall–Kier alpha value is -0.670. The van der Waals surface area contributed by atoms with Gasteiger partial charge in [-0.05, 0) is 29.9 Å². The fraction of sp³-hybridized carbons (Fsp3) is 0.417. The summed E-state index contributed by atoms with van der Waals surface area (Å²) in [7, 11) is 0. The SMILES string of the molecule is CC(C)CCC(=O)c1cc2sccc2s1. The average molecular weight is 238 g/mol. The molecule has 2 rings (SSSR count). The molecule has 0 atom stereocenters. The molecule has 0 aliphatic heterocycles. The molecule has 1 nitrogen and oxygen atoms in total. The fourth-order valence-corrected chi connectivity index (χ4v) is 3.52. The van der Waals surface area contributed by atoms with Crippen LogP contribution >= 0.6 is 22.7 Å². The molecule has 80 valence electrons. The fourth-order valence-electron chi connectivity index (χ4n) is 1.45. The number of carbonyl (C=O) groups is 1. The molecule has 2 aromatic rings. The Kier molecular flexibility index (Phi) is 3.22. The Labute approximate surface area is 97.7 Å². The van der Waals surface area contributed by atoms with Gasteiger partial charge in [0.25, 0.3) is 0 Å². The van der Waals surface area contributed by atoms with Gasteiger partial charge in [-0.2, -0.15) is 0 Å². The summed E-state index contributed by atoms with van der Waals surface area (Å²) in [5.41, 5.74) is 0. The van der Waals surface area contributed by atoms with E-state index in [2.05, 4.69) is 25.3 Å². The molecule has 2 aromatic heterocycles. The third-order valence-electron chi connectivity index (χ3n) is 2.36. The van der Waals surface area contributed by atoms with Gasteiger partial charge in [0, 0.05) is 15.8 Å². The average Bonchev–Trinajstić information content (AvgIpc) is 2.72. The molecule has 0 saturated heterocycles. The molecular weight excluding hydrogens is 224 g/mol. The molecule has 0 N–H and O–H groups in total. The summed E-state index contributed by atoms with van der Waals surface area (Å²) in [6.07, 6.45) is 1.68. The molecule has 3 heteroatoms. The van der Waals surface area contributed by atoms with Crippen LogP contribution in [0.5, 0.6) is 0 Å². The second-order valence-corrected chi connectivity index (χ2v) is 6.15. The van der Waals surface area contributed by atoms with Crippen LogP contribution in [0.4, 0.5) is 0 Å². The van der Waals surface area contributed by atoms with Gasteiger partial charge in [-0.25, -0.2) is 0 Å². The molecule has 0 bridgehead atoms. The summed E-state index contributed by atoms with van der Waals surface area (Å²) in [5.74, 6) is 0.909. The second kappa shape index (κ2) is 4.45. The summed E-state index contributed by atoms with van der Waals surface area (Å²) in [4.78, 5) is 12.8. The van der Waals surface area contributed by atoms with E-state index in [0.717, 1.165) is 11.3 Å². The number of thiophene rings is 2. The maximum absolute atomic E-state index is 11.8. The largest absolute Gasteiger partial charge is 0.293 e. The molecule has 0 aromatic carbocycles. The number of carbonyl (C=O) groups excluding carboxylic acids is 1. The number of ketones is 1. The summed E-state index contributed by atoms with van der Waals surface area (Å²) in [6.45, 7) is 4.31. The van der Waals surface area contributed by atoms with Crippen molar-refractivity contribution in [2.45, 2.75) is 26.7 Å². The van der Waals surface area contributed by atoms with Gasteiger partial charge < -0.3 is 0 Å². The van der Waals surface area contributed by atoms with Crippen molar-refractivity contribution in [1.29, 1.82) is 0 Å². The van der Waals surface area contributed by atoms with Crippen LogP contribution in [0.3, 0.4) is 0 Å². The summed E-state index contributed by atoms with van der Waals surface area (Å²) >= 11 is 3.33. The van der Waals surface area contributed by atoms with Crippen LogP contribution in [-0.4, -0.2) is 5.78 Å². The van der Waals surface area contributed by atoms with E-state index in [0.29, 0.717) is 18.1 Å². The molecule has 0 unspecified atom stereocenters. The second-order valence-electron chi connectivity index (χ2n) is 4.12. The molecule has 2 heterocycles. The maximum Gasteiger partial charge on any atom is 0.172 e. The quantitative estimate of drug-likeness (QED) is 0.712. The molecule has 0 aliphatic rings. The van der Waals surface area contributed by atoms with Crippen molar-refractivity contribution in [3.8, 4) is 0 Å². The van der Waals surface area contributed by atoms with E-state index >= 15 is 0 Å². The maximum atomic E-state index is 11.8. The Morgan fingerprint density at radius 3 is 2.87 bits per heavy atom. The van der Waals surface area contributed by atoms with E-state index in [1.54, 1.807) is 22.7 Å². The van der Waals surface area contributed by atoms with E-state index in [1.165, 1.54) is 9.40 Å². The first-order valence-electron chi connectivity index (χ1n) is 5.17. The highest BCUT2D eigenvalue weighted by Gasteiger charge is 2.11. The molecule has 15 heavy (non-hydrogen) atoms. The number of Topliss-reactive ketones (excluding diaryl/α,β-unsaturated/α-hetero) is 1. The van der Waals surface area contributed by atoms with E-state index in [9.17, 15) is 4.79 Å². The van der Waals surface area contributed by atoms with Gasteiger partial charge in [-0.3, -0.25) is 4.79 Å². The lowest BCUT2D eigenvalue weighted by molar-refractivity contribution is 0.0979. The minimum atomic E-state index is 0.303. The number of rotatable bonds is 4. The molecule has 0 radical (unpaired) electrons. The monoisotopic (exact) mass is 238 g/mol. The lowest BCUT2D eigenvalue weighted by atomic mass is 10.1. The smallest absolute Gasteiger partial charge is 0.172 e. The lowest BCUT2D eigenvalue weighted by Crippen LogP contribution is -1.98. The van der Waals surface area contributed by atoms with Gasteiger partial charge in [-0.15, -0.1) is 22.7 Å². The van der Waals surface area contributed by atoms with Crippen molar-refractivity contribution in [1.82, 2.24) is 0 Å². The number of hydrogen-bond donors (Lipinski definition) is 0. The van der Waals surface area contributed by atoms with E-state index < -0.39 is 0 Å². The minimum absolute atomic E-state index is 0.303. The molecule has 0 saturated carbocycles. The van der Waals surface area contributed by atoms with Crippen molar-refractivity contribution < 1.29 is 4.79 Å². The highest BCUT2D eigenvalue weighted by atomic mass is 32.1. The highest BCUT2D eigenvalue weighted by Crippen LogP contribution is 2.30. The van der Waals surface area contributed by atoms with Crippen molar-refractivity contribution in [3.05, 3.63) is 22.4 Å². The van der Waals surface area contributed by atoms with E-state index in [1.807, 2.05) is 6.07 Å². The Morgan fingerprint density at radius 1 is 1.40 bits per heavy atom. The predicted molar refractivity (Wildman–Crippen MR) is 68.1 cm³/mol. The van der Waals surface area contributed by atoms with Gasteiger partial charge in [0.1, 0.15) is 0 Å². The van der Waals surface area contributed by atoms with E-state index in [4.69, 9.17) is 0 Å². The Bertz CT molecular complexity index is 436. The van der Waals surface area contributed by atoms with Crippen LogP contribution in [0.2, 0.25) is 0 Å². The van der Waals surface area contributed by atoms with Gasteiger partial charge in [0.15, 0.2) is 5.78 Å². The van der Waals surface area contributed by atoms with Crippen molar-refractivity contribution in [2.24, 2.45) is 5.92 Å². The summed E-state index contributed by atoms with van der Waals surface area (Å²) in [5, 5.41) is 2.07. The molecule has 0 amide bonds. The Balaban J connectivity index is 2.10. The topological polar surface area (TPSA) is 17.1 Å². The lowest BCUT2D eigenvalue weighted by Gasteiger charge is -2.01. The van der Waals surface area contributed by atoms with Gasteiger partial charge >= 0.3 is 0 Å². The third-order valence-corrected chi connectivity index (χ3v) is 4.50. The molecule has 0 spiro atoms. The zero-order chi connectivity index (χ0) is 10.8. The Morgan fingerprint density at radius 2 is 2.20 bits per heavy atom. The first-order valence-corrected chi connectivity index (χ1v) is 6.86. The van der Waals surface area contributed by atoms with Crippen LogP contribution in [-0.2, 0) is 0 Å². The van der Waals surface area contributed by atoms with Gasteiger partial charge in [0.05, 0.1) is 4.88 Å².